The largest absolute Gasteiger partial charge is 0.493 e. The molecule has 0 fully saturated rings. The normalized spacial score (nSPS) is 11.4. The summed E-state index contributed by atoms with van der Waals surface area (Å²) in [5.41, 5.74) is 0.942. The van der Waals surface area contributed by atoms with Crippen molar-refractivity contribution in [2.75, 3.05) is 34.2 Å². The fourth-order valence-corrected chi connectivity index (χ4v) is 3.28. The molecule has 27 heavy (non-hydrogen) atoms. The van der Waals surface area contributed by atoms with Gasteiger partial charge in [0.15, 0.2) is 23.0 Å². The quantitative estimate of drug-likeness (QED) is 0.658. The van der Waals surface area contributed by atoms with Crippen LogP contribution in [0.5, 0.6) is 23.0 Å². The average Bonchev–Trinajstić information content (AvgIpc) is 2.71. The van der Waals surface area contributed by atoms with E-state index in [0.717, 1.165) is 10.5 Å². The average molecular weight is 391 g/mol. The molecular formula is C20H25NO5S. The van der Waals surface area contributed by atoms with Crippen LogP contribution in [0, 0.1) is 0 Å². The Bertz CT molecular complexity index is 781. The summed E-state index contributed by atoms with van der Waals surface area (Å²) >= 11 is 1.44. The number of benzene rings is 2. The third-order valence-corrected chi connectivity index (χ3v) is 5.00. The fraction of sp³-hybridized carbons (Fsp3) is 0.350. The first-order chi connectivity index (χ1) is 13.0. The number of methoxy groups -OCH3 is 4. The summed E-state index contributed by atoms with van der Waals surface area (Å²) in [6.07, 6.45) is 0. The predicted octanol–water partition coefficient (Wildman–Crippen LogP) is 3.69. The first kappa shape index (κ1) is 20.8. The molecule has 7 heteroatoms. The molecule has 0 aliphatic heterocycles. The third-order valence-electron chi connectivity index (χ3n) is 4.01. The van der Waals surface area contributed by atoms with Crippen LogP contribution in [-0.4, -0.2) is 40.1 Å². The maximum Gasteiger partial charge on any atom is 0.230 e. The van der Waals surface area contributed by atoms with E-state index in [1.807, 2.05) is 43.3 Å². The van der Waals surface area contributed by atoms with Crippen molar-refractivity contribution in [1.29, 1.82) is 0 Å². The van der Waals surface area contributed by atoms with Gasteiger partial charge in [0, 0.05) is 4.90 Å². The van der Waals surface area contributed by atoms with Crippen molar-refractivity contribution in [3.05, 3.63) is 42.0 Å². The van der Waals surface area contributed by atoms with Crippen molar-refractivity contribution in [3.8, 4) is 23.0 Å². The predicted molar refractivity (Wildman–Crippen MR) is 106 cm³/mol. The van der Waals surface area contributed by atoms with Crippen LogP contribution in [-0.2, 0) is 4.79 Å². The summed E-state index contributed by atoms with van der Waals surface area (Å²) in [6.45, 7) is 1.93. The second-order valence-corrected chi connectivity index (χ2v) is 6.76. The molecule has 0 saturated heterocycles. The van der Waals surface area contributed by atoms with Crippen LogP contribution >= 0.6 is 11.8 Å². The van der Waals surface area contributed by atoms with Gasteiger partial charge in [0.2, 0.25) is 5.91 Å². The van der Waals surface area contributed by atoms with Gasteiger partial charge in [-0.05, 0) is 42.8 Å². The van der Waals surface area contributed by atoms with E-state index in [1.54, 1.807) is 28.4 Å². The van der Waals surface area contributed by atoms with Gasteiger partial charge in [0.25, 0.3) is 0 Å². The van der Waals surface area contributed by atoms with Crippen LogP contribution in [0.15, 0.2) is 41.3 Å². The zero-order valence-corrected chi connectivity index (χ0v) is 17.0. The molecule has 0 aromatic heterocycles. The monoisotopic (exact) mass is 391 g/mol. The van der Waals surface area contributed by atoms with Crippen LogP contribution in [0.2, 0.25) is 0 Å². The zero-order chi connectivity index (χ0) is 19.8. The lowest BCUT2D eigenvalue weighted by molar-refractivity contribution is -0.119. The molecule has 0 bridgehead atoms. The van der Waals surface area contributed by atoms with E-state index in [4.69, 9.17) is 18.9 Å². The van der Waals surface area contributed by atoms with Crippen molar-refractivity contribution >= 4 is 17.7 Å². The highest BCUT2D eigenvalue weighted by Gasteiger charge is 2.13. The van der Waals surface area contributed by atoms with E-state index < -0.39 is 0 Å². The Kier molecular flexibility index (Phi) is 7.67. The number of rotatable bonds is 9. The van der Waals surface area contributed by atoms with Crippen molar-refractivity contribution in [1.82, 2.24) is 5.32 Å². The van der Waals surface area contributed by atoms with Crippen LogP contribution in [0.1, 0.15) is 18.5 Å². The lowest BCUT2D eigenvalue weighted by Gasteiger charge is -2.16. The molecule has 0 spiro atoms. The Hall–Kier alpha value is -2.54. The number of hydrogen-bond acceptors (Lipinski definition) is 6. The smallest absolute Gasteiger partial charge is 0.230 e. The number of carbonyl (C=O) groups is 1. The van der Waals surface area contributed by atoms with Crippen molar-refractivity contribution in [3.63, 3.8) is 0 Å². The van der Waals surface area contributed by atoms with Gasteiger partial charge in [0.05, 0.1) is 40.2 Å². The summed E-state index contributed by atoms with van der Waals surface area (Å²) in [5.74, 6) is 2.83. The standard InChI is InChI=1S/C20H25NO5S/c1-13(14-6-8-16(23-2)18(10-14)25-4)21-20(22)12-27-15-7-9-17(24-3)19(11-15)26-5/h6-11,13H,12H2,1-5H3,(H,21,22)/t13-/m0/s1. The molecule has 1 atom stereocenters. The van der Waals surface area contributed by atoms with Gasteiger partial charge in [-0.2, -0.15) is 0 Å². The highest BCUT2D eigenvalue weighted by atomic mass is 32.2. The Morgan fingerprint density at radius 3 is 2.04 bits per heavy atom. The molecule has 0 saturated carbocycles. The van der Waals surface area contributed by atoms with Gasteiger partial charge in [-0.1, -0.05) is 6.07 Å². The lowest BCUT2D eigenvalue weighted by atomic mass is 10.1. The molecule has 2 rings (SSSR count). The Morgan fingerprint density at radius 1 is 0.889 bits per heavy atom. The molecule has 2 aromatic carbocycles. The molecule has 0 aliphatic rings. The highest BCUT2D eigenvalue weighted by Crippen LogP contribution is 2.32. The maximum absolute atomic E-state index is 12.3. The van der Waals surface area contributed by atoms with E-state index in [0.29, 0.717) is 28.8 Å². The van der Waals surface area contributed by atoms with E-state index in [1.165, 1.54) is 11.8 Å². The number of thioether (sulfide) groups is 1. The van der Waals surface area contributed by atoms with Crippen LogP contribution in [0.4, 0.5) is 0 Å². The molecule has 0 radical (unpaired) electrons. The van der Waals surface area contributed by atoms with Gasteiger partial charge in [0.1, 0.15) is 0 Å². The third kappa shape index (κ3) is 5.47. The topological polar surface area (TPSA) is 66.0 Å². The first-order valence-corrected chi connectivity index (χ1v) is 9.37. The summed E-state index contributed by atoms with van der Waals surface area (Å²) in [4.78, 5) is 13.2. The molecule has 0 heterocycles. The second kappa shape index (κ2) is 9.97. The van der Waals surface area contributed by atoms with Gasteiger partial charge in [-0.3, -0.25) is 4.79 Å². The van der Waals surface area contributed by atoms with E-state index >= 15 is 0 Å². The first-order valence-electron chi connectivity index (χ1n) is 8.38. The van der Waals surface area contributed by atoms with Gasteiger partial charge < -0.3 is 24.3 Å². The minimum atomic E-state index is -0.150. The highest BCUT2D eigenvalue weighted by molar-refractivity contribution is 8.00. The molecule has 6 nitrogen and oxygen atoms in total. The van der Waals surface area contributed by atoms with Crippen LogP contribution in [0.25, 0.3) is 0 Å². The molecule has 0 aliphatic carbocycles. The van der Waals surface area contributed by atoms with Gasteiger partial charge in [-0.15, -0.1) is 11.8 Å². The lowest BCUT2D eigenvalue weighted by Crippen LogP contribution is -2.28. The van der Waals surface area contributed by atoms with E-state index in [-0.39, 0.29) is 11.9 Å². The van der Waals surface area contributed by atoms with Crippen LogP contribution in [0.3, 0.4) is 0 Å². The molecule has 0 unspecified atom stereocenters. The fourth-order valence-electron chi connectivity index (χ4n) is 2.54. The Balaban J connectivity index is 1.95. The summed E-state index contributed by atoms with van der Waals surface area (Å²) < 4.78 is 21.1. The van der Waals surface area contributed by atoms with Crippen molar-refractivity contribution in [2.24, 2.45) is 0 Å². The minimum Gasteiger partial charge on any atom is -0.493 e. The summed E-state index contributed by atoms with van der Waals surface area (Å²) in [7, 11) is 6.36. The van der Waals surface area contributed by atoms with E-state index in [9.17, 15) is 4.79 Å². The molecule has 1 amide bonds. The minimum absolute atomic E-state index is 0.0583. The van der Waals surface area contributed by atoms with Gasteiger partial charge >= 0.3 is 0 Å². The molecule has 146 valence electrons. The van der Waals surface area contributed by atoms with E-state index in [2.05, 4.69) is 5.32 Å². The zero-order valence-electron chi connectivity index (χ0n) is 16.2. The van der Waals surface area contributed by atoms with Crippen LogP contribution < -0.4 is 24.3 Å². The number of nitrogens with one attached hydrogen (secondary N) is 1. The Morgan fingerprint density at radius 2 is 1.44 bits per heavy atom. The Labute approximate surface area is 164 Å². The second-order valence-electron chi connectivity index (χ2n) is 5.71. The summed E-state index contributed by atoms with van der Waals surface area (Å²) in [6, 6.07) is 11.0. The van der Waals surface area contributed by atoms with Gasteiger partial charge in [-0.25, -0.2) is 0 Å². The maximum atomic E-state index is 12.3. The van der Waals surface area contributed by atoms with Crippen molar-refractivity contribution < 1.29 is 23.7 Å². The number of ether oxygens (including phenoxy) is 4. The number of carbonyl (C=O) groups excluding carboxylic acids is 1. The SMILES string of the molecule is COc1ccc(SCC(=O)N[C@@H](C)c2ccc(OC)c(OC)c2)cc1OC. The van der Waals surface area contributed by atoms with Crippen molar-refractivity contribution in [2.45, 2.75) is 17.9 Å². The molecular weight excluding hydrogens is 366 g/mol. The summed E-state index contributed by atoms with van der Waals surface area (Å²) in [5, 5.41) is 2.99. The number of amides is 1. The molecule has 2 aromatic rings. The molecule has 1 N–H and O–H groups in total. The number of hydrogen-bond donors (Lipinski definition) is 1.